The lowest BCUT2D eigenvalue weighted by Gasteiger charge is -2.27. The van der Waals surface area contributed by atoms with Crippen molar-refractivity contribution >= 4 is 11.8 Å². The number of amides is 2. The molecule has 3 aliphatic heterocycles. The van der Waals surface area contributed by atoms with E-state index in [0.717, 1.165) is 22.6 Å². The zero-order valence-corrected chi connectivity index (χ0v) is 17.5. The Morgan fingerprint density at radius 3 is 2.97 bits per heavy atom. The van der Waals surface area contributed by atoms with Gasteiger partial charge in [-0.1, -0.05) is 42.0 Å². The summed E-state index contributed by atoms with van der Waals surface area (Å²) in [7, 11) is 1.76. The van der Waals surface area contributed by atoms with E-state index in [2.05, 4.69) is 16.0 Å². The van der Waals surface area contributed by atoms with Crippen LogP contribution in [0.1, 0.15) is 22.6 Å². The van der Waals surface area contributed by atoms with Crippen LogP contribution in [0.4, 0.5) is 0 Å². The number of carbonyl (C=O) groups is 2. The highest BCUT2D eigenvalue weighted by Gasteiger charge is 2.67. The maximum absolute atomic E-state index is 13.4. The topological polar surface area (TPSA) is 78.5 Å². The molecule has 2 amide bonds. The van der Waals surface area contributed by atoms with E-state index in [0.29, 0.717) is 19.6 Å². The minimum Gasteiger partial charge on any atom is -0.360 e. The number of benzene rings is 1. The predicted octanol–water partition coefficient (Wildman–Crippen LogP) is 1.97. The highest BCUT2D eigenvalue weighted by Crippen LogP contribution is 2.52. The number of hydrogen-bond donors (Lipinski definition) is 1. The fourth-order valence-electron chi connectivity index (χ4n) is 5.13. The molecule has 7 nitrogen and oxygen atoms in total. The summed E-state index contributed by atoms with van der Waals surface area (Å²) < 4.78 is 6.24. The molecule has 30 heavy (non-hydrogen) atoms. The van der Waals surface area contributed by atoms with Crippen LogP contribution in [-0.2, 0) is 27.4 Å². The van der Waals surface area contributed by atoms with Crippen LogP contribution in [-0.4, -0.2) is 56.9 Å². The first-order valence-corrected chi connectivity index (χ1v) is 10.3. The molecular weight excluding hydrogens is 380 g/mol. The molecule has 1 spiro atoms. The second-order valence-corrected chi connectivity index (χ2v) is 8.79. The van der Waals surface area contributed by atoms with E-state index in [4.69, 9.17) is 4.74 Å². The first-order valence-electron chi connectivity index (χ1n) is 10.3. The van der Waals surface area contributed by atoms with Crippen molar-refractivity contribution in [3.05, 3.63) is 65.3 Å². The van der Waals surface area contributed by atoms with Gasteiger partial charge in [-0.05, 0) is 19.4 Å². The van der Waals surface area contributed by atoms with Crippen molar-refractivity contribution in [1.29, 1.82) is 0 Å². The summed E-state index contributed by atoms with van der Waals surface area (Å²) in [5.74, 6) is -0.298. The lowest BCUT2D eigenvalue weighted by atomic mass is 9.76. The standard InChI is InChI=1S/C23H26N4O3/c1-14-5-4-6-16(9-14)11-27-13-23-8-7-17(30-23)19(20(23)22(27)29)21(28)26(3)12-18-24-10-15(2)25-18/h4-10,17,19-20H,11-13H2,1-3H3,(H,24,25)/t17-,19+,20+,23-/m0/s1. The van der Waals surface area contributed by atoms with E-state index in [1.165, 1.54) is 0 Å². The summed E-state index contributed by atoms with van der Waals surface area (Å²) in [6.07, 6.45) is 5.35. The molecule has 4 heterocycles. The van der Waals surface area contributed by atoms with E-state index in [1.54, 1.807) is 18.1 Å². The van der Waals surface area contributed by atoms with Crippen molar-refractivity contribution in [2.24, 2.45) is 11.8 Å². The molecule has 0 radical (unpaired) electrons. The second kappa shape index (κ2) is 6.80. The Bertz CT molecular complexity index is 1040. The van der Waals surface area contributed by atoms with Crippen molar-refractivity contribution in [1.82, 2.24) is 19.8 Å². The van der Waals surface area contributed by atoms with Crippen LogP contribution in [0, 0.1) is 25.7 Å². The van der Waals surface area contributed by atoms with Crippen molar-refractivity contribution < 1.29 is 14.3 Å². The third kappa shape index (κ3) is 2.96. The lowest BCUT2D eigenvalue weighted by Crippen LogP contribution is -2.44. The van der Waals surface area contributed by atoms with Crippen LogP contribution in [0.2, 0.25) is 0 Å². The molecule has 5 rings (SSSR count). The highest BCUT2D eigenvalue weighted by molar-refractivity contribution is 5.93. The van der Waals surface area contributed by atoms with E-state index in [9.17, 15) is 9.59 Å². The van der Waals surface area contributed by atoms with Gasteiger partial charge in [-0.15, -0.1) is 0 Å². The maximum atomic E-state index is 13.4. The van der Waals surface area contributed by atoms with E-state index in [1.807, 2.05) is 49.1 Å². The summed E-state index contributed by atoms with van der Waals surface area (Å²) in [6.45, 7) is 5.36. The van der Waals surface area contributed by atoms with Gasteiger partial charge < -0.3 is 19.5 Å². The van der Waals surface area contributed by atoms with E-state index >= 15 is 0 Å². The number of aryl methyl sites for hydroxylation is 2. The van der Waals surface area contributed by atoms with Crippen molar-refractivity contribution in [3.63, 3.8) is 0 Å². The summed E-state index contributed by atoms with van der Waals surface area (Å²) in [4.78, 5) is 37.6. The van der Waals surface area contributed by atoms with Crippen LogP contribution in [0.5, 0.6) is 0 Å². The molecule has 0 aliphatic carbocycles. The van der Waals surface area contributed by atoms with Crippen LogP contribution in [0.25, 0.3) is 0 Å². The Kier molecular flexibility index (Phi) is 4.32. The van der Waals surface area contributed by atoms with E-state index in [-0.39, 0.29) is 17.9 Å². The summed E-state index contributed by atoms with van der Waals surface area (Å²) >= 11 is 0. The molecule has 0 saturated carbocycles. The quantitative estimate of drug-likeness (QED) is 0.770. The molecule has 2 aromatic rings. The van der Waals surface area contributed by atoms with Crippen molar-refractivity contribution in [3.8, 4) is 0 Å². The predicted molar refractivity (Wildman–Crippen MR) is 110 cm³/mol. The first-order chi connectivity index (χ1) is 14.4. The number of rotatable bonds is 5. The third-order valence-electron chi connectivity index (χ3n) is 6.44. The average molecular weight is 406 g/mol. The molecule has 2 saturated heterocycles. The lowest BCUT2D eigenvalue weighted by molar-refractivity contribution is -0.143. The van der Waals surface area contributed by atoms with Gasteiger partial charge in [0.05, 0.1) is 31.0 Å². The fraction of sp³-hybridized carbons (Fsp3) is 0.435. The normalized spacial score (nSPS) is 29.0. The van der Waals surface area contributed by atoms with Gasteiger partial charge in [0.1, 0.15) is 11.4 Å². The molecule has 2 bridgehead atoms. The number of aromatic nitrogens is 2. The van der Waals surface area contributed by atoms with Gasteiger partial charge in [0, 0.05) is 25.5 Å². The van der Waals surface area contributed by atoms with Gasteiger partial charge in [0.2, 0.25) is 11.8 Å². The molecular formula is C23H26N4O3. The average Bonchev–Trinajstić information content (AvgIpc) is 3.44. The molecule has 2 fully saturated rings. The highest BCUT2D eigenvalue weighted by atomic mass is 16.5. The van der Waals surface area contributed by atoms with Crippen LogP contribution in [0.3, 0.4) is 0 Å². The zero-order valence-electron chi connectivity index (χ0n) is 17.5. The monoisotopic (exact) mass is 406 g/mol. The SMILES string of the molecule is Cc1cccc(CN2C[C@]34C=C[C@H](O3)[C@@H](C(=O)N(C)Cc3ncc(C)[nH]3)[C@@H]4C2=O)c1. The van der Waals surface area contributed by atoms with Crippen LogP contribution in [0.15, 0.2) is 42.6 Å². The number of imidazole rings is 1. The Morgan fingerprint density at radius 2 is 2.23 bits per heavy atom. The van der Waals surface area contributed by atoms with Crippen molar-refractivity contribution in [2.75, 3.05) is 13.6 Å². The largest absolute Gasteiger partial charge is 0.360 e. The Morgan fingerprint density at radius 1 is 1.40 bits per heavy atom. The van der Waals surface area contributed by atoms with Gasteiger partial charge in [0.25, 0.3) is 0 Å². The zero-order chi connectivity index (χ0) is 21.0. The number of nitrogens with zero attached hydrogens (tertiary/aromatic N) is 3. The fourth-order valence-corrected chi connectivity index (χ4v) is 5.13. The molecule has 0 unspecified atom stereocenters. The van der Waals surface area contributed by atoms with Crippen LogP contribution >= 0.6 is 0 Å². The number of ether oxygens (including phenoxy) is 1. The van der Waals surface area contributed by atoms with Gasteiger partial charge in [-0.25, -0.2) is 4.98 Å². The van der Waals surface area contributed by atoms with Gasteiger partial charge >= 0.3 is 0 Å². The number of aromatic amines is 1. The number of nitrogens with one attached hydrogen (secondary N) is 1. The summed E-state index contributed by atoms with van der Waals surface area (Å²) in [6, 6.07) is 8.17. The Hall–Kier alpha value is -2.93. The molecule has 7 heteroatoms. The van der Waals surface area contributed by atoms with Gasteiger partial charge in [-0.2, -0.15) is 0 Å². The number of fused-ring (bicyclic) bond motifs is 1. The minimum absolute atomic E-state index is 0.00366. The number of hydrogen-bond acceptors (Lipinski definition) is 4. The van der Waals surface area contributed by atoms with E-state index < -0.39 is 17.4 Å². The van der Waals surface area contributed by atoms with Gasteiger partial charge in [-0.3, -0.25) is 9.59 Å². The summed E-state index contributed by atoms with van der Waals surface area (Å²) in [5.41, 5.74) is 2.52. The Labute approximate surface area is 175 Å². The minimum atomic E-state index is -0.686. The third-order valence-corrected chi connectivity index (χ3v) is 6.44. The van der Waals surface area contributed by atoms with Crippen molar-refractivity contribution in [2.45, 2.75) is 38.6 Å². The molecule has 1 N–H and O–H groups in total. The molecule has 156 valence electrons. The first kappa shape index (κ1) is 19.1. The van der Waals surface area contributed by atoms with Gasteiger partial charge in [0.15, 0.2) is 0 Å². The second-order valence-electron chi connectivity index (χ2n) is 8.79. The molecule has 4 atom stereocenters. The maximum Gasteiger partial charge on any atom is 0.230 e. The summed E-state index contributed by atoms with van der Waals surface area (Å²) in [5, 5.41) is 0. The smallest absolute Gasteiger partial charge is 0.230 e. The molecule has 3 aliphatic rings. The number of H-pyrrole nitrogens is 1. The van der Waals surface area contributed by atoms with Crippen LogP contribution < -0.4 is 0 Å². The molecule has 1 aromatic carbocycles. The Balaban J connectivity index is 1.36. The number of carbonyl (C=O) groups excluding carboxylic acids is 2. The number of likely N-dealkylation sites (tertiary alicyclic amines) is 1. The molecule has 1 aromatic heterocycles.